The lowest BCUT2D eigenvalue weighted by molar-refractivity contribution is -0.126. The summed E-state index contributed by atoms with van der Waals surface area (Å²) in [6, 6.07) is 2.90. The fourth-order valence-corrected chi connectivity index (χ4v) is 2.91. The second kappa shape index (κ2) is 6.31. The molecule has 1 aliphatic carbocycles. The average Bonchev–Trinajstić information content (AvgIpc) is 2.86. The lowest BCUT2D eigenvalue weighted by atomic mass is 9.94. The number of carbonyl (C=O) groups excluding carboxylic acids is 1. The van der Waals surface area contributed by atoms with Crippen molar-refractivity contribution in [2.75, 3.05) is 6.54 Å². The minimum Gasteiger partial charge on any atom is -0.349 e. The Balaban J connectivity index is 2.03. The van der Waals surface area contributed by atoms with E-state index in [0.717, 1.165) is 25.3 Å². The van der Waals surface area contributed by atoms with E-state index in [9.17, 15) is 13.6 Å². The quantitative estimate of drug-likeness (QED) is 0.891. The van der Waals surface area contributed by atoms with Gasteiger partial charge in [0.25, 0.3) is 0 Å². The Morgan fingerprint density at radius 3 is 2.85 bits per heavy atom. The van der Waals surface area contributed by atoms with Gasteiger partial charge in [0.2, 0.25) is 5.91 Å². The number of carbonyl (C=O) groups is 1. The molecule has 3 atom stereocenters. The number of hydrogen-bond donors (Lipinski definition) is 2. The third-order valence-electron chi connectivity index (χ3n) is 4.09. The maximum absolute atomic E-state index is 13.7. The standard InChI is InChI=1S/C15H20F2N2O/c1-9(12-6-5-11(16)7-14(12)17)19-15(20)13-4-2-3-10(13)8-18/h5-7,9-10,13H,2-4,8,18H2,1H3,(H,19,20). The summed E-state index contributed by atoms with van der Waals surface area (Å²) >= 11 is 0. The first-order valence-corrected chi connectivity index (χ1v) is 6.98. The number of benzene rings is 1. The lowest BCUT2D eigenvalue weighted by Crippen LogP contribution is -2.36. The SMILES string of the molecule is CC(NC(=O)C1CCCC1CN)c1ccc(F)cc1F. The van der Waals surface area contributed by atoms with Crippen LogP contribution in [0, 0.1) is 23.5 Å². The molecule has 1 aromatic carbocycles. The first kappa shape index (κ1) is 14.9. The van der Waals surface area contributed by atoms with Crippen molar-refractivity contribution in [3.8, 4) is 0 Å². The molecule has 0 aliphatic heterocycles. The average molecular weight is 282 g/mol. The van der Waals surface area contributed by atoms with Crippen molar-refractivity contribution < 1.29 is 13.6 Å². The summed E-state index contributed by atoms with van der Waals surface area (Å²) in [4.78, 5) is 12.2. The van der Waals surface area contributed by atoms with Crippen molar-refractivity contribution in [1.82, 2.24) is 5.32 Å². The van der Waals surface area contributed by atoms with Gasteiger partial charge in [0.1, 0.15) is 11.6 Å². The van der Waals surface area contributed by atoms with Gasteiger partial charge in [-0.2, -0.15) is 0 Å². The molecule has 1 saturated carbocycles. The molecule has 0 aromatic heterocycles. The van der Waals surface area contributed by atoms with Crippen LogP contribution in [-0.4, -0.2) is 12.5 Å². The van der Waals surface area contributed by atoms with Gasteiger partial charge in [-0.05, 0) is 38.3 Å². The van der Waals surface area contributed by atoms with E-state index in [1.54, 1.807) is 6.92 Å². The topological polar surface area (TPSA) is 55.1 Å². The second-order valence-corrected chi connectivity index (χ2v) is 5.43. The van der Waals surface area contributed by atoms with E-state index in [0.29, 0.717) is 12.1 Å². The molecule has 0 radical (unpaired) electrons. The van der Waals surface area contributed by atoms with Crippen molar-refractivity contribution in [2.24, 2.45) is 17.6 Å². The van der Waals surface area contributed by atoms with Crippen LogP contribution in [0.15, 0.2) is 18.2 Å². The van der Waals surface area contributed by atoms with Crippen molar-refractivity contribution in [3.63, 3.8) is 0 Å². The first-order chi connectivity index (χ1) is 9.52. The summed E-state index contributed by atoms with van der Waals surface area (Å²) in [5.74, 6) is -1.23. The summed E-state index contributed by atoms with van der Waals surface area (Å²) in [6.45, 7) is 2.19. The van der Waals surface area contributed by atoms with Crippen LogP contribution in [0.2, 0.25) is 0 Å². The highest BCUT2D eigenvalue weighted by Crippen LogP contribution is 2.31. The molecule has 3 N–H and O–H groups in total. The molecule has 5 heteroatoms. The van der Waals surface area contributed by atoms with E-state index in [-0.39, 0.29) is 17.7 Å². The van der Waals surface area contributed by atoms with E-state index in [1.807, 2.05) is 0 Å². The summed E-state index contributed by atoms with van der Waals surface area (Å²) in [5, 5.41) is 2.81. The van der Waals surface area contributed by atoms with Crippen molar-refractivity contribution >= 4 is 5.91 Å². The Bertz CT molecular complexity index is 493. The van der Waals surface area contributed by atoms with Gasteiger partial charge in [-0.15, -0.1) is 0 Å². The summed E-state index contributed by atoms with van der Waals surface area (Å²) in [6.07, 6.45) is 2.79. The molecule has 3 nitrogen and oxygen atoms in total. The van der Waals surface area contributed by atoms with Crippen LogP contribution >= 0.6 is 0 Å². The number of halogens is 2. The molecule has 110 valence electrons. The zero-order chi connectivity index (χ0) is 14.7. The highest BCUT2D eigenvalue weighted by Gasteiger charge is 2.32. The van der Waals surface area contributed by atoms with Crippen LogP contribution in [0.5, 0.6) is 0 Å². The maximum atomic E-state index is 13.7. The van der Waals surface area contributed by atoms with Gasteiger partial charge >= 0.3 is 0 Å². The molecular formula is C15H20F2N2O. The van der Waals surface area contributed by atoms with Gasteiger partial charge < -0.3 is 11.1 Å². The van der Waals surface area contributed by atoms with Crippen LogP contribution in [0.4, 0.5) is 8.78 Å². The van der Waals surface area contributed by atoms with Crippen LogP contribution in [0.3, 0.4) is 0 Å². The predicted octanol–water partition coefficient (Wildman–Crippen LogP) is 2.52. The molecule has 3 unspecified atom stereocenters. The normalized spacial score (nSPS) is 23.6. The van der Waals surface area contributed by atoms with E-state index in [1.165, 1.54) is 12.1 Å². The van der Waals surface area contributed by atoms with Gasteiger partial charge in [-0.1, -0.05) is 12.5 Å². The van der Waals surface area contributed by atoms with Gasteiger partial charge in [-0.3, -0.25) is 4.79 Å². The molecular weight excluding hydrogens is 262 g/mol. The maximum Gasteiger partial charge on any atom is 0.223 e. The van der Waals surface area contributed by atoms with Crippen LogP contribution < -0.4 is 11.1 Å². The highest BCUT2D eigenvalue weighted by molar-refractivity contribution is 5.79. The Labute approximate surface area is 117 Å². The minimum atomic E-state index is -0.639. The first-order valence-electron chi connectivity index (χ1n) is 6.98. The monoisotopic (exact) mass is 282 g/mol. The van der Waals surface area contributed by atoms with Crippen molar-refractivity contribution in [3.05, 3.63) is 35.4 Å². The molecule has 0 heterocycles. The summed E-state index contributed by atoms with van der Waals surface area (Å²) in [7, 11) is 0. The molecule has 1 fully saturated rings. The summed E-state index contributed by atoms with van der Waals surface area (Å²) < 4.78 is 26.5. The molecule has 1 aromatic rings. The Morgan fingerprint density at radius 1 is 1.45 bits per heavy atom. The molecule has 2 rings (SSSR count). The Kier molecular flexibility index (Phi) is 4.70. The van der Waals surface area contributed by atoms with Gasteiger partial charge in [-0.25, -0.2) is 8.78 Å². The van der Waals surface area contributed by atoms with Crippen molar-refractivity contribution in [1.29, 1.82) is 0 Å². The molecule has 1 aliphatic rings. The highest BCUT2D eigenvalue weighted by atomic mass is 19.1. The fraction of sp³-hybridized carbons (Fsp3) is 0.533. The molecule has 0 saturated heterocycles. The zero-order valence-electron chi connectivity index (χ0n) is 11.5. The smallest absolute Gasteiger partial charge is 0.223 e. The molecule has 0 spiro atoms. The van der Waals surface area contributed by atoms with Gasteiger partial charge in [0.15, 0.2) is 0 Å². The van der Waals surface area contributed by atoms with E-state index >= 15 is 0 Å². The fourth-order valence-electron chi connectivity index (χ4n) is 2.91. The van der Waals surface area contributed by atoms with E-state index in [4.69, 9.17) is 5.73 Å². The molecule has 1 amide bonds. The number of amides is 1. The third kappa shape index (κ3) is 3.15. The number of hydrogen-bond acceptors (Lipinski definition) is 2. The van der Waals surface area contributed by atoms with Crippen LogP contribution in [0.1, 0.15) is 37.8 Å². The largest absolute Gasteiger partial charge is 0.349 e. The van der Waals surface area contributed by atoms with Crippen LogP contribution in [-0.2, 0) is 4.79 Å². The van der Waals surface area contributed by atoms with Gasteiger partial charge in [0.05, 0.1) is 6.04 Å². The third-order valence-corrected chi connectivity index (χ3v) is 4.09. The number of nitrogens with two attached hydrogens (primary N) is 1. The van der Waals surface area contributed by atoms with E-state index in [2.05, 4.69) is 5.32 Å². The lowest BCUT2D eigenvalue weighted by Gasteiger charge is -2.21. The minimum absolute atomic E-state index is 0.0887. The second-order valence-electron chi connectivity index (χ2n) is 5.43. The van der Waals surface area contributed by atoms with Crippen LogP contribution in [0.25, 0.3) is 0 Å². The van der Waals surface area contributed by atoms with E-state index < -0.39 is 17.7 Å². The Morgan fingerprint density at radius 2 is 2.20 bits per heavy atom. The van der Waals surface area contributed by atoms with Gasteiger partial charge in [0, 0.05) is 17.5 Å². The number of nitrogens with one attached hydrogen (secondary N) is 1. The molecule has 0 bridgehead atoms. The zero-order valence-corrected chi connectivity index (χ0v) is 11.5. The molecule has 20 heavy (non-hydrogen) atoms. The van der Waals surface area contributed by atoms with Crippen molar-refractivity contribution in [2.45, 2.75) is 32.2 Å². The Hall–Kier alpha value is -1.49. The summed E-state index contributed by atoms with van der Waals surface area (Å²) in [5.41, 5.74) is 5.96. The number of rotatable bonds is 4. The predicted molar refractivity (Wildman–Crippen MR) is 72.8 cm³/mol.